The Kier molecular flexibility index (Phi) is 13.1. The van der Waals surface area contributed by atoms with E-state index < -0.39 is 7.60 Å². The number of ether oxygens (including phenoxy) is 1. The van der Waals surface area contributed by atoms with Gasteiger partial charge in [-0.1, -0.05) is 39.0 Å². The standard InChI is InChI=1S/C13H30NO4P/c1-3-4-5-6-7-8-9-14-10-11-18-12-13-19(15,16)17-2/h14H,3-13H2,1-2H3,(H,15,16). The Hall–Kier alpha value is 0.0700. The molecule has 0 aliphatic heterocycles. The van der Waals surface area contributed by atoms with E-state index in [4.69, 9.17) is 9.63 Å². The minimum Gasteiger partial charge on any atom is -0.379 e. The predicted octanol–water partition coefficient (Wildman–Crippen LogP) is 2.78. The number of hydrogen-bond donors (Lipinski definition) is 2. The maximum atomic E-state index is 11.1. The van der Waals surface area contributed by atoms with Crippen molar-refractivity contribution in [2.24, 2.45) is 0 Å². The van der Waals surface area contributed by atoms with E-state index in [1.807, 2.05) is 0 Å². The predicted molar refractivity (Wildman–Crippen MR) is 78.8 cm³/mol. The van der Waals surface area contributed by atoms with Crippen molar-refractivity contribution in [2.75, 3.05) is 39.6 Å². The molecule has 0 saturated carbocycles. The topological polar surface area (TPSA) is 67.8 Å². The van der Waals surface area contributed by atoms with Gasteiger partial charge in [0.25, 0.3) is 0 Å². The smallest absolute Gasteiger partial charge is 0.330 e. The summed E-state index contributed by atoms with van der Waals surface area (Å²) >= 11 is 0. The Morgan fingerprint density at radius 2 is 1.74 bits per heavy atom. The van der Waals surface area contributed by atoms with Crippen molar-refractivity contribution >= 4 is 7.60 Å². The SMILES string of the molecule is CCCCCCCCNCCOCCP(=O)(O)OC. The van der Waals surface area contributed by atoms with Crippen LogP contribution in [0.1, 0.15) is 45.4 Å². The van der Waals surface area contributed by atoms with Crippen LogP contribution in [0.25, 0.3) is 0 Å². The second-order valence-electron chi connectivity index (χ2n) is 4.67. The molecule has 1 atom stereocenters. The van der Waals surface area contributed by atoms with Crippen LogP contribution in [0, 0.1) is 0 Å². The van der Waals surface area contributed by atoms with Crippen molar-refractivity contribution < 1.29 is 18.7 Å². The minimum absolute atomic E-state index is 0.0565. The number of unbranched alkanes of at least 4 members (excludes halogenated alkanes) is 5. The van der Waals surface area contributed by atoms with Gasteiger partial charge >= 0.3 is 7.60 Å². The minimum atomic E-state index is -3.40. The molecule has 0 aliphatic rings. The van der Waals surface area contributed by atoms with E-state index in [-0.39, 0.29) is 12.8 Å². The van der Waals surface area contributed by atoms with Gasteiger partial charge in [0.1, 0.15) is 0 Å². The fraction of sp³-hybridized carbons (Fsp3) is 1.00. The fourth-order valence-electron chi connectivity index (χ4n) is 1.67. The van der Waals surface area contributed by atoms with Gasteiger partial charge < -0.3 is 19.5 Å². The lowest BCUT2D eigenvalue weighted by Gasteiger charge is -2.09. The molecule has 0 saturated heterocycles. The molecule has 0 radical (unpaired) electrons. The summed E-state index contributed by atoms with van der Waals surface area (Å²) in [4.78, 5) is 9.12. The van der Waals surface area contributed by atoms with Crippen LogP contribution in [0.4, 0.5) is 0 Å². The van der Waals surface area contributed by atoms with Gasteiger partial charge in [-0.2, -0.15) is 0 Å². The molecule has 0 amide bonds. The van der Waals surface area contributed by atoms with Crippen LogP contribution in [0.5, 0.6) is 0 Å². The van der Waals surface area contributed by atoms with Gasteiger partial charge in [-0.3, -0.25) is 4.57 Å². The van der Waals surface area contributed by atoms with E-state index in [9.17, 15) is 4.57 Å². The van der Waals surface area contributed by atoms with Crippen LogP contribution in [-0.2, 0) is 13.8 Å². The summed E-state index contributed by atoms with van der Waals surface area (Å²) in [5.41, 5.74) is 0. The van der Waals surface area contributed by atoms with Crippen molar-refractivity contribution in [2.45, 2.75) is 45.4 Å². The highest BCUT2D eigenvalue weighted by Crippen LogP contribution is 2.39. The molecule has 6 heteroatoms. The van der Waals surface area contributed by atoms with Crippen molar-refractivity contribution in [3.05, 3.63) is 0 Å². The Morgan fingerprint density at radius 3 is 2.42 bits per heavy atom. The molecule has 0 aromatic heterocycles. The normalized spacial score (nSPS) is 14.5. The first-order chi connectivity index (χ1) is 9.12. The average molecular weight is 295 g/mol. The van der Waals surface area contributed by atoms with E-state index >= 15 is 0 Å². The summed E-state index contributed by atoms with van der Waals surface area (Å²) in [5, 5.41) is 3.30. The summed E-state index contributed by atoms with van der Waals surface area (Å²) in [6, 6.07) is 0. The molecule has 116 valence electrons. The van der Waals surface area contributed by atoms with Crippen LogP contribution in [0.3, 0.4) is 0 Å². The lowest BCUT2D eigenvalue weighted by atomic mass is 10.1. The van der Waals surface area contributed by atoms with Gasteiger partial charge in [0.05, 0.1) is 19.4 Å². The third-order valence-electron chi connectivity index (χ3n) is 2.93. The molecule has 2 N–H and O–H groups in total. The first-order valence-corrected chi connectivity index (χ1v) is 9.04. The zero-order valence-corrected chi connectivity index (χ0v) is 13.3. The molecule has 0 aromatic carbocycles. The summed E-state index contributed by atoms with van der Waals surface area (Å²) in [7, 11) is -2.16. The highest BCUT2D eigenvalue weighted by atomic mass is 31.2. The summed E-state index contributed by atoms with van der Waals surface area (Å²) in [5.74, 6) is 0. The van der Waals surface area contributed by atoms with Gasteiger partial charge in [-0.25, -0.2) is 0 Å². The highest BCUT2D eigenvalue weighted by Gasteiger charge is 2.15. The number of rotatable bonds is 14. The lowest BCUT2D eigenvalue weighted by Crippen LogP contribution is -2.21. The van der Waals surface area contributed by atoms with Crippen molar-refractivity contribution in [1.29, 1.82) is 0 Å². The van der Waals surface area contributed by atoms with E-state index in [0.29, 0.717) is 6.61 Å². The second-order valence-corrected chi connectivity index (χ2v) is 6.76. The van der Waals surface area contributed by atoms with Gasteiger partial charge in [0.15, 0.2) is 0 Å². The summed E-state index contributed by atoms with van der Waals surface area (Å²) in [6.07, 6.45) is 7.86. The van der Waals surface area contributed by atoms with Crippen LogP contribution in [0.2, 0.25) is 0 Å². The molecule has 0 aromatic rings. The first kappa shape index (κ1) is 19.1. The Morgan fingerprint density at radius 1 is 1.05 bits per heavy atom. The third kappa shape index (κ3) is 14.3. The Bertz CT molecular complexity index is 239. The highest BCUT2D eigenvalue weighted by molar-refractivity contribution is 7.52. The van der Waals surface area contributed by atoms with Crippen LogP contribution in [-0.4, -0.2) is 44.5 Å². The molecule has 0 bridgehead atoms. The van der Waals surface area contributed by atoms with Gasteiger partial charge in [-0.15, -0.1) is 0 Å². The fourth-order valence-corrected chi connectivity index (χ4v) is 2.22. The Balaban J connectivity index is 3.09. The molecule has 0 spiro atoms. The van der Waals surface area contributed by atoms with Crippen LogP contribution >= 0.6 is 7.60 Å². The molecule has 0 rings (SSSR count). The first-order valence-electron chi connectivity index (χ1n) is 7.28. The maximum absolute atomic E-state index is 11.1. The zero-order chi connectivity index (χ0) is 14.4. The van der Waals surface area contributed by atoms with E-state index in [1.165, 1.54) is 45.6 Å². The third-order valence-corrected chi connectivity index (χ3v) is 4.25. The Labute approximate surface area is 117 Å². The summed E-state index contributed by atoms with van der Waals surface area (Å²) in [6.45, 7) is 4.87. The molecule has 0 aliphatic carbocycles. The molecule has 0 heterocycles. The zero-order valence-electron chi connectivity index (χ0n) is 12.4. The van der Waals surface area contributed by atoms with Crippen molar-refractivity contribution in [3.63, 3.8) is 0 Å². The molecule has 19 heavy (non-hydrogen) atoms. The van der Waals surface area contributed by atoms with Gasteiger partial charge in [-0.05, 0) is 13.0 Å². The monoisotopic (exact) mass is 295 g/mol. The molecular weight excluding hydrogens is 265 g/mol. The lowest BCUT2D eigenvalue weighted by molar-refractivity contribution is 0.146. The second kappa shape index (κ2) is 13.1. The molecule has 1 unspecified atom stereocenters. The largest absolute Gasteiger partial charge is 0.379 e. The molecule has 0 fully saturated rings. The van der Waals surface area contributed by atoms with E-state index in [0.717, 1.165) is 13.1 Å². The molecule has 5 nitrogen and oxygen atoms in total. The van der Waals surface area contributed by atoms with E-state index in [1.54, 1.807) is 0 Å². The molecular formula is C13H30NO4P. The average Bonchev–Trinajstić information content (AvgIpc) is 2.40. The maximum Gasteiger partial charge on any atom is 0.330 e. The summed E-state index contributed by atoms with van der Waals surface area (Å²) < 4.78 is 20.8. The quantitative estimate of drug-likeness (QED) is 0.381. The van der Waals surface area contributed by atoms with Crippen LogP contribution in [0.15, 0.2) is 0 Å². The number of hydrogen-bond acceptors (Lipinski definition) is 4. The van der Waals surface area contributed by atoms with Gasteiger partial charge in [0, 0.05) is 13.7 Å². The van der Waals surface area contributed by atoms with Gasteiger partial charge in [0.2, 0.25) is 0 Å². The van der Waals surface area contributed by atoms with Crippen LogP contribution < -0.4 is 5.32 Å². The van der Waals surface area contributed by atoms with Crippen molar-refractivity contribution in [3.8, 4) is 0 Å². The number of nitrogens with one attached hydrogen (secondary N) is 1. The van der Waals surface area contributed by atoms with Crippen molar-refractivity contribution in [1.82, 2.24) is 5.32 Å². The van der Waals surface area contributed by atoms with E-state index in [2.05, 4.69) is 16.8 Å².